The molecule has 2 rings (SSSR count). The summed E-state index contributed by atoms with van der Waals surface area (Å²) in [6.07, 6.45) is 0. The van der Waals surface area contributed by atoms with Crippen LogP contribution in [0.3, 0.4) is 0 Å². The predicted octanol–water partition coefficient (Wildman–Crippen LogP) is 4.15. The highest BCUT2D eigenvalue weighted by Gasteiger charge is 2.15. The Balaban J connectivity index is 1.90. The van der Waals surface area contributed by atoms with Crippen molar-refractivity contribution in [3.05, 3.63) is 70.2 Å². The molecule has 0 saturated heterocycles. The van der Waals surface area contributed by atoms with Gasteiger partial charge in [-0.1, -0.05) is 35.9 Å². The molecule has 0 bridgehead atoms. The summed E-state index contributed by atoms with van der Waals surface area (Å²) < 4.78 is 26.6. The van der Waals surface area contributed by atoms with Crippen LogP contribution in [0.15, 0.2) is 42.5 Å². The second-order valence-corrected chi connectivity index (χ2v) is 5.99. The normalized spacial score (nSPS) is 13.4. The third kappa shape index (κ3) is 4.76. The molecule has 0 saturated carbocycles. The van der Waals surface area contributed by atoms with Crippen LogP contribution in [0.5, 0.6) is 0 Å². The van der Waals surface area contributed by atoms with Crippen molar-refractivity contribution < 1.29 is 13.6 Å². The maximum atomic E-state index is 13.7. The molecule has 2 aromatic rings. The zero-order valence-corrected chi connectivity index (χ0v) is 14.2. The van der Waals surface area contributed by atoms with Gasteiger partial charge in [0.15, 0.2) is 0 Å². The minimum atomic E-state index is -0.680. The summed E-state index contributed by atoms with van der Waals surface area (Å²) in [7, 11) is 0. The van der Waals surface area contributed by atoms with E-state index in [1.807, 2.05) is 25.1 Å². The zero-order chi connectivity index (χ0) is 17.7. The van der Waals surface area contributed by atoms with Crippen LogP contribution in [0, 0.1) is 11.6 Å². The van der Waals surface area contributed by atoms with Crippen LogP contribution in [-0.2, 0) is 4.79 Å². The van der Waals surface area contributed by atoms with Crippen LogP contribution >= 0.6 is 11.6 Å². The predicted molar refractivity (Wildman–Crippen MR) is 90.8 cm³/mol. The number of carbonyl (C=O) groups is 1. The Labute approximate surface area is 145 Å². The molecule has 0 radical (unpaired) electrons. The van der Waals surface area contributed by atoms with Crippen molar-refractivity contribution >= 4 is 17.5 Å². The SMILES string of the molecule is C[C@H](NC(=O)CN[C@H](C)c1ccccc1Cl)c1ccc(F)cc1F. The number of benzene rings is 2. The van der Waals surface area contributed by atoms with Gasteiger partial charge in [0.25, 0.3) is 0 Å². The van der Waals surface area contributed by atoms with E-state index in [1.165, 1.54) is 12.1 Å². The summed E-state index contributed by atoms with van der Waals surface area (Å²) >= 11 is 6.12. The fraction of sp³-hybridized carbons (Fsp3) is 0.278. The van der Waals surface area contributed by atoms with E-state index in [1.54, 1.807) is 13.0 Å². The highest BCUT2D eigenvalue weighted by molar-refractivity contribution is 6.31. The lowest BCUT2D eigenvalue weighted by atomic mass is 10.1. The molecule has 0 aromatic heterocycles. The third-order valence-electron chi connectivity index (χ3n) is 3.75. The molecule has 6 heteroatoms. The Morgan fingerprint density at radius 3 is 2.46 bits per heavy atom. The molecular weight excluding hydrogens is 334 g/mol. The summed E-state index contributed by atoms with van der Waals surface area (Å²) in [4.78, 5) is 12.0. The van der Waals surface area contributed by atoms with Crippen LogP contribution in [-0.4, -0.2) is 12.5 Å². The number of halogens is 3. The summed E-state index contributed by atoms with van der Waals surface area (Å²) in [5.41, 5.74) is 1.13. The Morgan fingerprint density at radius 1 is 1.08 bits per heavy atom. The van der Waals surface area contributed by atoms with Crippen molar-refractivity contribution in [2.24, 2.45) is 0 Å². The fourth-order valence-corrected chi connectivity index (χ4v) is 2.70. The zero-order valence-electron chi connectivity index (χ0n) is 13.4. The highest BCUT2D eigenvalue weighted by atomic mass is 35.5. The van der Waals surface area contributed by atoms with E-state index in [-0.39, 0.29) is 24.1 Å². The monoisotopic (exact) mass is 352 g/mol. The van der Waals surface area contributed by atoms with Crippen molar-refractivity contribution in [3.63, 3.8) is 0 Å². The third-order valence-corrected chi connectivity index (χ3v) is 4.09. The molecule has 24 heavy (non-hydrogen) atoms. The first kappa shape index (κ1) is 18.4. The van der Waals surface area contributed by atoms with Gasteiger partial charge in [-0.3, -0.25) is 4.79 Å². The maximum absolute atomic E-state index is 13.7. The molecule has 0 spiro atoms. The number of hydrogen-bond acceptors (Lipinski definition) is 2. The van der Waals surface area contributed by atoms with Gasteiger partial charge < -0.3 is 10.6 Å². The number of rotatable bonds is 6. The van der Waals surface area contributed by atoms with E-state index in [4.69, 9.17) is 11.6 Å². The molecule has 2 N–H and O–H groups in total. The smallest absolute Gasteiger partial charge is 0.234 e. The molecule has 0 aliphatic heterocycles. The second kappa shape index (κ2) is 8.22. The van der Waals surface area contributed by atoms with E-state index in [0.717, 1.165) is 11.6 Å². The first-order valence-corrected chi connectivity index (χ1v) is 7.98. The van der Waals surface area contributed by atoms with Crippen molar-refractivity contribution in [2.75, 3.05) is 6.54 Å². The van der Waals surface area contributed by atoms with Gasteiger partial charge in [0.05, 0.1) is 12.6 Å². The largest absolute Gasteiger partial charge is 0.348 e. The van der Waals surface area contributed by atoms with E-state index in [9.17, 15) is 13.6 Å². The Bertz CT molecular complexity index is 724. The molecule has 3 nitrogen and oxygen atoms in total. The lowest BCUT2D eigenvalue weighted by Gasteiger charge is -2.18. The first-order chi connectivity index (χ1) is 11.4. The molecule has 1 amide bonds. The molecule has 2 atom stereocenters. The minimum absolute atomic E-state index is 0.0551. The van der Waals surface area contributed by atoms with Crippen LogP contribution in [0.4, 0.5) is 8.78 Å². The second-order valence-electron chi connectivity index (χ2n) is 5.58. The van der Waals surface area contributed by atoms with Crippen molar-refractivity contribution in [1.82, 2.24) is 10.6 Å². The first-order valence-electron chi connectivity index (χ1n) is 7.60. The fourth-order valence-electron chi connectivity index (χ4n) is 2.40. The maximum Gasteiger partial charge on any atom is 0.234 e. The topological polar surface area (TPSA) is 41.1 Å². The molecule has 0 aliphatic rings. The lowest BCUT2D eigenvalue weighted by Crippen LogP contribution is -2.36. The van der Waals surface area contributed by atoms with E-state index in [0.29, 0.717) is 5.02 Å². The number of nitrogens with one attached hydrogen (secondary N) is 2. The van der Waals surface area contributed by atoms with E-state index >= 15 is 0 Å². The standard InChI is InChI=1S/C18H19ClF2N2O/c1-11(14-5-3-4-6-16(14)19)22-10-18(24)23-12(2)15-8-7-13(20)9-17(15)21/h3-9,11-12,22H,10H2,1-2H3,(H,23,24)/t11-,12+/m1/s1. The van der Waals surface area contributed by atoms with Crippen molar-refractivity contribution in [3.8, 4) is 0 Å². The number of carbonyl (C=O) groups excluding carboxylic acids is 1. The molecule has 0 aliphatic carbocycles. The molecule has 0 heterocycles. The van der Waals surface area contributed by atoms with Crippen molar-refractivity contribution in [2.45, 2.75) is 25.9 Å². The van der Waals surface area contributed by atoms with Gasteiger partial charge in [0.2, 0.25) is 5.91 Å². The average Bonchev–Trinajstić information content (AvgIpc) is 2.52. The van der Waals surface area contributed by atoms with Gasteiger partial charge in [0.1, 0.15) is 11.6 Å². The Morgan fingerprint density at radius 2 is 1.79 bits per heavy atom. The van der Waals surface area contributed by atoms with Crippen LogP contribution in [0.25, 0.3) is 0 Å². The summed E-state index contributed by atoms with van der Waals surface area (Å²) in [6.45, 7) is 3.60. The van der Waals surface area contributed by atoms with Crippen LogP contribution < -0.4 is 10.6 Å². The Kier molecular flexibility index (Phi) is 6.29. The molecule has 0 unspecified atom stereocenters. The van der Waals surface area contributed by atoms with Gasteiger partial charge in [-0.2, -0.15) is 0 Å². The highest BCUT2D eigenvalue weighted by Crippen LogP contribution is 2.22. The minimum Gasteiger partial charge on any atom is -0.348 e. The molecular formula is C18H19ClF2N2O. The van der Waals surface area contributed by atoms with Gasteiger partial charge >= 0.3 is 0 Å². The van der Waals surface area contributed by atoms with Gasteiger partial charge in [-0.25, -0.2) is 8.78 Å². The Hall–Kier alpha value is -1.98. The summed E-state index contributed by atoms with van der Waals surface area (Å²) in [5.74, 6) is -1.62. The molecule has 0 fully saturated rings. The van der Waals surface area contributed by atoms with Crippen molar-refractivity contribution in [1.29, 1.82) is 0 Å². The average molecular weight is 353 g/mol. The van der Waals surface area contributed by atoms with Gasteiger partial charge in [-0.15, -0.1) is 0 Å². The molecule has 2 aromatic carbocycles. The van der Waals surface area contributed by atoms with E-state index in [2.05, 4.69) is 10.6 Å². The quantitative estimate of drug-likeness (QED) is 0.820. The van der Waals surface area contributed by atoms with E-state index < -0.39 is 17.7 Å². The number of amides is 1. The lowest BCUT2D eigenvalue weighted by molar-refractivity contribution is -0.121. The van der Waals surface area contributed by atoms with Gasteiger partial charge in [0, 0.05) is 22.7 Å². The molecule has 128 valence electrons. The summed E-state index contributed by atoms with van der Waals surface area (Å²) in [6, 6.07) is 10.0. The summed E-state index contributed by atoms with van der Waals surface area (Å²) in [5, 5.41) is 6.38. The van der Waals surface area contributed by atoms with Crippen LogP contribution in [0.1, 0.15) is 37.1 Å². The number of hydrogen-bond donors (Lipinski definition) is 2. The van der Waals surface area contributed by atoms with Crippen LogP contribution in [0.2, 0.25) is 5.02 Å². The van der Waals surface area contributed by atoms with Gasteiger partial charge in [-0.05, 0) is 31.5 Å².